The van der Waals surface area contributed by atoms with Gasteiger partial charge in [0.2, 0.25) is 0 Å². The van der Waals surface area contributed by atoms with Crippen LogP contribution in [-0.4, -0.2) is 6.85 Å². The van der Waals surface area contributed by atoms with Crippen molar-refractivity contribution in [1.82, 2.24) is 5.23 Å². The van der Waals surface area contributed by atoms with Crippen LogP contribution in [0.3, 0.4) is 0 Å². The zero-order valence-electron chi connectivity index (χ0n) is 9.91. The van der Waals surface area contributed by atoms with E-state index in [2.05, 4.69) is 61.5 Å². The van der Waals surface area contributed by atoms with Gasteiger partial charge in [0.15, 0.2) is 0 Å². The maximum absolute atomic E-state index is 7.50. The van der Waals surface area contributed by atoms with Crippen LogP contribution in [0.15, 0.2) is 54.7 Å². The van der Waals surface area contributed by atoms with Crippen molar-refractivity contribution in [3.8, 4) is 0 Å². The van der Waals surface area contributed by atoms with E-state index in [4.69, 9.17) is 14.0 Å². The molecule has 0 fully saturated rings. The second-order valence-electron chi connectivity index (χ2n) is 2.80. The number of nitrogens with one attached hydrogen (secondary N) is 1. The van der Waals surface area contributed by atoms with E-state index in [1.807, 2.05) is 18.3 Å². The molecule has 1 aromatic carbocycles. The Morgan fingerprint density at radius 2 is 1.37 bits per heavy atom. The molecule has 0 spiro atoms. The third kappa shape index (κ3) is 9.97. The minimum absolute atomic E-state index is 0. The van der Waals surface area contributed by atoms with Gasteiger partial charge < -0.3 is 5.23 Å². The Bertz CT molecular complexity index is 412. The van der Waals surface area contributed by atoms with Gasteiger partial charge >= 0.3 is 40.8 Å². The largest absolute Gasteiger partial charge is 0 e. The first-order chi connectivity index (χ1) is 8.97. The summed E-state index contributed by atoms with van der Waals surface area (Å²) < 4.78 is 22.5. The summed E-state index contributed by atoms with van der Waals surface area (Å²) in [7, 11) is 0. The maximum atomic E-state index is 7.50. The quantitative estimate of drug-likeness (QED) is 0.467. The van der Waals surface area contributed by atoms with Crippen LogP contribution in [0, 0.1) is 20.0 Å². The van der Waals surface area contributed by atoms with Crippen molar-refractivity contribution in [2.45, 2.75) is 0 Å². The summed E-state index contributed by atoms with van der Waals surface area (Å²) in [6, 6.07) is 10.4. The van der Waals surface area contributed by atoms with E-state index in [0.29, 0.717) is 6.85 Å². The molecule has 19 heavy (non-hydrogen) atoms. The molecule has 0 saturated heterocycles. The van der Waals surface area contributed by atoms with E-state index in [1.54, 1.807) is 0 Å². The zero-order valence-corrected chi connectivity index (χ0v) is 11.2. The molecule has 0 radical (unpaired) electrons. The summed E-state index contributed by atoms with van der Waals surface area (Å²) in [5, 5.41) is 3.27. The maximum Gasteiger partial charge on any atom is 0 e. The molecule has 1 N–H and O–H groups in total. The van der Waals surface area contributed by atoms with Crippen LogP contribution in [0.2, 0.25) is 0 Å². The molecular weight excluding hydrogens is 281 g/mol. The molecule has 0 aliphatic carbocycles. The topological polar surface area (TPSA) is 71.7 Å². The Morgan fingerprint density at radius 3 is 1.79 bits per heavy atom. The van der Waals surface area contributed by atoms with Gasteiger partial charge in [0.05, 0.1) is 0 Å². The minimum atomic E-state index is 0. The number of hydrogen-bond acceptors (Lipinski definition) is 1. The Kier molecular flexibility index (Phi) is 22.1. The summed E-state index contributed by atoms with van der Waals surface area (Å²) in [6.07, 6.45) is 6.03. The summed E-state index contributed by atoms with van der Waals surface area (Å²) in [5.74, 6) is 2.15. The van der Waals surface area contributed by atoms with Gasteiger partial charge in [-0.15, -0.1) is 0 Å². The molecule has 1 aromatic rings. The molecule has 0 atom stereocenters. The third-order valence-corrected chi connectivity index (χ3v) is 1.95. The molecule has 0 unspecified atom stereocenters. The summed E-state index contributed by atoms with van der Waals surface area (Å²) in [5.41, 5.74) is 1.30. The van der Waals surface area contributed by atoms with Crippen molar-refractivity contribution >= 4 is 12.3 Å². The van der Waals surface area contributed by atoms with Crippen LogP contribution < -0.4 is 10.7 Å². The van der Waals surface area contributed by atoms with Gasteiger partial charge in [0.25, 0.3) is 0 Å². The van der Waals surface area contributed by atoms with E-state index in [0.717, 1.165) is 0 Å². The van der Waals surface area contributed by atoms with Gasteiger partial charge in [0, 0.05) is 17.4 Å². The van der Waals surface area contributed by atoms with Gasteiger partial charge in [-0.1, -0.05) is 47.8 Å². The smallest absolute Gasteiger partial charge is 0 e. The molecule has 6 heteroatoms. The van der Waals surface area contributed by atoms with Gasteiger partial charge in [0.1, 0.15) is 0 Å². The molecule has 0 bridgehead atoms. The van der Waals surface area contributed by atoms with Crippen LogP contribution in [0.1, 0.15) is 0 Å². The first-order valence-electron chi connectivity index (χ1n) is 4.72. The van der Waals surface area contributed by atoms with Crippen molar-refractivity contribution in [1.29, 1.82) is 0 Å². The second kappa shape index (κ2) is 18.7. The fraction of sp³-hybridized carbons (Fsp3) is 0. The first-order valence-corrected chi connectivity index (χ1v) is 4.72. The number of hydrogen-bond donors (Lipinski definition) is 1. The van der Waals surface area contributed by atoms with Gasteiger partial charge in [-0.05, 0) is 12.3 Å². The molecule has 0 saturated carbocycles. The monoisotopic (exact) mass is 291 g/mol. The Hall–Kier alpha value is -1.68. The predicted octanol–water partition coefficient (Wildman–Crippen LogP) is 0.982. The Balaban J connectivity index is -0.000000325. The number of rotatable bonds is 1. The molecule has 1 aliphatic heterocycles. The van der Waals surface area contributed by atoms with Crippen LogP contribution in [0.4, 0.5) is 0 Å². The zero-order chi connectivity index (χ0) is 14.2. The Labute approximate surface area is 124 Å². The number of allylic oxidation sites excluding steroid dienone is 2. The molecule has 0 aromatic heterocycles. The second-order valence-corrected chi connectivity index (χ2v) is 2.80. The molecule has 0 amide bonds. The van der Waals surface area contributed by atoms with E-state index in [1.165, 1.54) is 5.46 Å². The SMILES string of the molecule is C1=CNB(c2ccccc2)C=C1.[C-]#[O+].[C-]#[O+].[C-]#[O+].[Cr]. The summed E-state index contributed by atoms with van der Waals surface area (Å²) in [6.45, 7) is 13.8. The molecular formula is C13H10BCrNO3. The van der Waals surface area contributed by atoms with Crippen LogP contribution in [-0.2, 0) is 31.3 Å². The normalized spacial score (nSPS) is 9.47. The predicted molar refractivity (Wildman–Crippen MR) is 65.0 cm³/mol. The number of benzene rings is 1. The van der Waals surface area contributed by atoms with Gasteiger partial charge in [-0.3, -0.25) is 0 Å². The molecule has 94 valence electrons. The molecule has 1 aliphatic rings. The van der Waals surface area contributed by atoms with Gasteiger partial charge in [-0.2, -0.15) is 0 Å². The average molecular weight is 291 g/mol. The average Bonchev–Trinajstić information content (AvgIpc) is 2.55. The Morgan fingerprint density at radius 1 is 0.842 bits per heavy atom. The van der Waals surface area contributed by atoms with Crippen molar-refractivity contribution in [3.63, 3.8) is 0 Å². The fourth-order valence-corrected chi connectivity index (χ4v) is 1.31. The van der Waals surface area contributed by atoms with Crippen LogP contribution in [0.5, 0.6) is 0 Å². The van der Waals surface area contributed by atoms with Gasteiger partial charge in [-0.25, -0.2) is 0 Å². The first kappa shape index (κ1) is 22.5. The van der Waals surface area contributed by atoms with Crippen molar-refractivity contribution in [3.05, 3.63) is 74.6 Å². The van der Waals surface area contributed by atoms with Crippen LogP contribution in [0.25, 0.3) is 0 Å². The van der Waals surface area contributed by atoms with E-state index in [9.17, 15) is 0 Å². The van der Waals surface area contributed by atoms with E-state index < -0.39 is 0 Å². The molecule has 2 rings (SSSR count). The van der Waals surface area contributed by atoms with E-state index >= 15 is 0 Å². The van der Waals surface area contributed by atoms with E-state index in [-0.39, 0.29) is 17.4 Å². The van der Waals surface area contributed by atoms with Crippen LogP contribution >= 0.6 is 0 Å². The molecule has 1 heterocycles. The summed E-state index contributed by atoms with van der Waals surface area (Å²) in [4.78, 5) is 0. The fourth-order valence-electron chi connectivity index (χ4n) is 1.31. The van der Waals surface area contributed by atoms with Crippen molar-refractivity contribution < 1.29 is 31.3 Å². The minimum Gasteiger partial charge on any atom is 0 e. The van der Waals surface area contributed by atoms with Crippen molar-refractivity contribution in [2.24, 2.45) is 0 Å². The third-order valence-electron chi connectivity index (χ3n) is 1.95. The standard InChI is InChI=1S/C10H10BN.3CO.Cr/c1-2-6-10(7-3-1)11-8-4-5-9-12-11;3*1-2;/h1-9,12H;;;;. The molecule has 4 nitrogen and oxygen atoms in total. The summed E-state index contributed by atoms with van der Waals surface area (Å²) >= 11 is 0. The van der Waals surface area contributed by atoms with Crippen molar-refractivity contribution in [2.75, 3.05) is 0 Å².